The molecule has 4 rings (SSSR count). The predicted octanol–water partition coefficient (Wildman–Crippen LogP) is 5.41. The van der Waals surface area contributed by atoms with Gasteiger partial charge in [0, 0.05) is 23.7 Å². The Morgan fingerprint density at radius 3 is 2.41 bits per heavy atom. The fourth-order valence-electron chi connectivity index (χ4n) is 4.21. The Morgan fingerprint density at radius 1 is 1.00 bits per heavy atom. The molecule has 0 bridgehead atoms. The molecule has 1 heterocycles. The molecular formula is C30H30ClF3N2O5. The van der Waals surface area contributed by atoms with Crippen LogP contribution in [-0.2, 0) is 16.0 Å². The number of aryl methyl sites for hydroxylation is 1. The van der Waals surface area contributed by atoms with Gasteiger partial charge in [0.1, 0.15) is 19.0 Å². The van der Waals surface area contributed by atoms with Gasteiger partial charge in [-0.25, -0.2) is 8.78 Å². The van der Waals surface area contributed by atoms with Crippen LogP contribution in [-0.4, -0.2) is 50.3 Å². The van der Waals surface area contributed by atoms with Gasteiger partial charge in [-0.3, -0.25) is 9.59 Å². The second-order valence-corrected chi connectivity index (χ2v) is 9.24. The van der Waals surface area contributed by atoms with Crippen LogP contribution in [0.1, 0.15) is 24.0 Å². The molecule has 0 aromatic heterocycles. The largest absolute Gasteiger partial charge is 0.490 e. The first-order valence-corrected chi connectivity index (χ1v) is 13.2. The minimum absolute atomic E-state index is 0.00318. The summed E-state index contributed by atoms with van der Waals surface area (Å²) >= 11 is 6.20. The molecule has 0 fully saturated rings. The van der Waals surface area contributed by atoms with Crippen molar-refractivity contribution in [2.75, 3.05) is 32.8 Å². The van der Waals surface area contributed by atoms with Gasteiger partial charge in [0.15, 0.2) is 17.4 Å². The molecule has 3 aromatic rings. The Hall–Kier alpha value is -4.02. The predicted molar refractivity (Wildman–Crippen MR) is 150 cm³/mol. The van der Waals surface area contributed by atoms with E-state index in [2.05, 4.69) is 10.6 Å². The second kappa shape index (κ2) is 16.3. The third kappa shape index (κ3) is 9.26. The van der Waals surface area contributed by atoms with Crippen LogP contribution in [0, 0.1) is 17.5 Å². The Balaban J connectivity index is 0.00000147. The molecule has 7 nitrogen and oxygen atoms in total. The first kappa shape index (κ1) is 31.5. The molecule has 0 aliphatic carbocycles. The molecule has 218 valence electrons. The summed E-state index contributed by atoms with van der Waals surface area (Å²) in [5.41, 5.74) is 3.65. The maximum absolute atomic E-state index is 13.7. The van der Waals surface area contributed by atoms with Crippen LogP contribution in [0.4, 0.5) is 13.2 Å². The maximum atomic E-state index is 13.7. The minimum Gasteiger partial charge on any atom is -0.490 e. The SMILES string of the molecule is O=C(NCCCc1ccccc1Cl)C1=C(c2ccc(OCCOc3c(F)ccc(F)c3F)cc2)CCNC1.O=CO. The summed E-state index contributed by atoms with van der Waals surface area (Å²) in [7, 11) is 0. The first-order chi connectivity index (χ1) is 19.8. The lowest BCUT2D eigenvalue weighted by Crippen LogP contribution is -2.35. The summed E-state index contributed by atoms with van der Waals surface area (Å²) in [5, 5.41) is 13.9. The Kier molecular flexibility index (Phi) is 12.5. The highest BCUT2D eigenvalue weighted by Crippen LogP contribution is 2.27. The molecule has 0 atom stereocenters. The van der Waals surface area contributed by atoms with E-state index in [9.17, 15) is 18.0 Å². The third-order valence-corrected chi connectivity index (χ3v) is 6.53. The lowest BCUT2D eigenvalue weighted by molar-refractivity contribution is -0.123. The molecule has 3 aromatic carbocycles. The number of hydrogen-bond donors (Lipinski definition) is 3. The number of benzene rings is 3. The van der Waals surface area contributed by atoms with Crippen molar-refractivity contribution >= 4 is 29.6 Å². The Labute approximate surface area is 240 Å². The van der Waals surface area contributed by atoms with E-state index in [4.69, 9.17) is 31.0 Å². The zero-order valence-corrected chi connectivity index (χ0v) is 22.9. The van der Waals surface area contributed by atoms with Crippen LogP contribution in [0.25, 0.3) is 5.57 Å². The number of carbonyl (C=O) groups excluding carboxylic acids is 1. The van der Waals surface area contributed by atoms with E-state index in [1.165, 1.54) is 0 Å². The van der Waals surface area contributed by atoms with Gasteiger partial charge in [-0.05, 0) is 72.8 Å². The van der Waals surface area contributed by atoms with Crippen molar-refractivity contribution in [3.05, 3.63) is 99.8 Å². The summed E-state index contributed by atoms with van der Waals surface area (Å²) in [4.78, 5) is 21.3. The lowest BCUT2D eigenvalue weighted by Gasteiger charge is -2.21. The molecule has 1 aliphatic rings. The Morgan fingerprint density at radius 2 is 1.68 bits per heavy atom. The zero-order chi connectivity index (χ0) is 29.6. The smallest absolute Gasteiger partial charge is 0.290 e. The number of nitrogens with one attached hydrogen (secondary N) is 2. The van der Waals surface area contributed by atoms with Gasteiger partial charge in [0.25, 0.3) is 6.47 Å². The van der Waals surface area contributed by atoms with Crippen LogP contribution in [0.5, 0.6) is 11.5 Å². The molecule has 0 saturated heterocycles. The number of carbonyl (C=O) groups is 2. The van der Waals surface area contributed by atoms with E-state index in [0.717, 1.165) is 47.2 Å². The van der Waals surface area contributed by atoms with Gasteiger partial charge in [0.2, 0.25) is 11.7 Å². The molecule has 11 heteroatoms. The van der Waals surface area contributed by atoms with Crippen molar-refractivity contribution in [2.24, 2.45) is 0 Å². The molecule has 1 amide bonds. The van der Waals surface area contributed by atoms with Gasteiger partial charge in [-0.15, -0.1) is 0 Å². The molecule has 3 N–H and O–H groups in total. The van der Waals surface area contributed by atoms with Crippen molar-refractivity contribution in [3.63, 3.8) is 0 Å². The van der Waals surface area contributed by atoms with Crippen LogP contribution < -0.4 is 20.1 Å². The van der Waals surface area contributed by atoms with Crippen molar-refractivity contribution < 1.29 is 37.3 Å². The number of rotatable bonds is 11. The van der Waals surface area contributed by atoms with Crippen molar-refractivity contribution in [3.8, 4) is 11.5 Å². The van der Waals surface area contributed by atoms with Crippen molar-refractivity contribution in [1.82, 2.24) is 10.6 Å². The van der Waals surface area contributed by atoms with Gasteiger partial charge < -0.3 is 25.2 Å². The topological polar surface area (TPSA) is 96.9 Å². The van der Waals surface area contributed by atoms with Crippen molar-refractivity contribution in [1.29, 1.82) is 0 Å². The van der Waals surface area contributed by atoms with E-state index in [-0.39, 0.29) is 25.6 Å². The maximum Gasteiger partial charge on any atom is 0.290 e. The van der Waals surface area contributed by atoms with E-state index in [1.807, 2.05) is 36.4 Å². The van der Waals surface area contributed by atoms with Crippen LogP contribution >= 0.6 is 11.6 Å². The molecule has 0 radical (unpaired) electrons. The molecule has 0 saturated carbocycles. The van der Waals surface area contributed by atoms with Gasteiger partial charge in [0.05, 0.1) is 0 Å². The van der Waals surface area contributed by atoms with Gasteiger partial charge in [-0.1, -0.05) is 41.9 Å². The zero-order valence-electron chi connectivity index (χ0n) is 22.1. The van der Waals surface area contributed by atoms with Gasteiger partial charge >= 0.3 is 0 Å². The van der Waals surface area contributed by atoms with E-state index < -0.39 is 23.2 Å². The molecule has 1 aliphatic heterocycles. The van der Waals surface area contributed by atoms with E-state index in [0.29, 0.717) is 36.9 Å². The van der Waals surface area contributed by atoms with Crippen LogP contribution in [0.15, 0.2) is 66.2 Å². The van der Waals surface area contributed by atoms with Crippen LogP contribution in [0.2, 0.25) is 5.02 Å². The molecular weight excluding hydrogens is 561 g/mol. The number of ether oxygens (including phenoxy) is 2. The summed E-state index contributed by atoms with van der Waals surface area (Å²) in [6.45, 7) is 1.37. The van der Waals surface area contributed by atoms with E-state index >= 15 is 0 Å². The third-order valence-electron chi connectivity index (χ3n) is 6.16. The average Bonchev–Trinajstić information content (AvgIpc) is 2.98. The quantitative estimate of drug-likeness (QED) is 0.157. The summed E-state index contributed by atoms with van der Waals surface area (Å²) in [6.07, 6.45) is 2.27. The number of halogens is 4. The number of hydrogen-bond acceptors (Lipinski definition) is 5. The number of amides is 1. The molecule has 41 heavy (non-hydrogen) atoms. The molecule has 0 unspecified atom stereocenters. The average molecular weight is 591 g/mol. The minimum atomic E-state index is -1.37. The van der Waals surface area contributed by atoms with E-state index in [1.54, 1.807) is 12.1 Å². The van der Waals surface area contributed by atoms with Gasteiger partial charge in [-0.2, -0.15) is 4.39 Å². The fraction of sp³-hybridized carbons (Fsp3) is 0.267. The van der Waals surface area contributed by atoms with Crippen molar-refractivity contribution in [2.45, 2.75) is 19.3 Å². The molecule has 0 spiro atoms. The first-order valence-electron chi connectivity index (χ1n) is 12.9. The summed E-state index contributed by atoms with van der Waals surface area (Å²) in [6, 6.07) is 16.4. The summed E-state index contributed by atoms with van der Waals surface area (Å²) in [5.74, 6) is -3.88. The second-order valence-electron chi connectivity index (χ2n) is 8.83. The van der Waals surface area contributed by atoms with Crippen LogP contribution in [0.3, 0.4) is 0 Å². The normalized spacial score (nSPS) is 12.7. The summed E-state index contributed by atoms with van der Waals surface area (Å²) < 4.78 is 51.2. The highest BCUT2D eigenvalue weighted by atomic mass is 35.5. The monoisotopic (exact) mass is 590 g/mol. The standard InChI is InChI=1S/C29H28ClF3N2O3.CH2O2/c30-24-6-2-1-4-20(24)5-3-14-35-29(36)23-18-34-15-13-22(23)19-7-9-21(10-8-19)37-16-17-38-28-26(32)12-11-25(31)27(28)33;2-1-3/h1-2,4,6-12,34H,3,5,13-18H2,(H,35,36);1H,(H,2,3). The highest BCUT2D eigenvalue weighted by Gasteiger charge is 2.20. The Bertz CT molecular complexity index is 1350. The highest BCUT2D eigenvalue weighted by molar-refractivity contribution is 6.31. The lowest BCUT2D eigenvalue weighted by atomic mass is 9.93. The fourth-order valence-corrected chi connectivity index (χ4v) is 4.44. The number of carboxylic acid groups (broad SMARTS) is 1.